The van der Waals surface area contributed by atoms with E-state index in [-0.39, 0.29) is 17.3 Å². The summed E-state index contributed by atoms with van der Waals surface area (Å²) in [6.45, 7) is 3.13. The molecule has 0 saturated carbocycles. The smallest absolute Gasteiger partial charge is 0.243 e. The monoisotopic (exact) mass is 420 g/mol. The van der Waals surface area contributed by atoms with Crippen molar-refractivity contribution in [2.45, 2.75) is 24.7 Å². The minimum absolute atomic E-state index is 0.0338. The predicted octanol–water partition coefficient (Wildman–Crippen LogP) is 2.73. The van der Waals surface area contributed by atoms with Crippen LogP contribution in [0.3, 0.4) is 0 Å². The first kappa shape index (κ1) is 21.3. The molecule has 1 atom stereocenters. The number of carbonyl (C=O) groups is 1. The van der Waals surface area contributed by atoms with Crippen molar-refractivity contribution < 1.29 is 22.3 Å². The van der Waals surface area contributed by atoms with Gasteiger partial charge in [0, 0.05) is 13.1 Å². The average Bonchev–Trinajstić information content (AvgIpc) is 2.73. The third kappa shape index (κ3) is 5.55. The Kier molecular flexibility index (Phi) is 6.87. The normalized spacial score (nSPS) is 17.7. The highest BCUT2D eigenvalue weighted by Gasteiger charge is 2.33. The van der Waals surface area contributed by atoms with Gasteiger partial charge in [-0.2, -0.15) is 4.31 Å². The fourth-order valence-electron chi connectivity index (χ4n) is 3.25. The molecule has 6 nitrogen and oxygen atoms in total. The molecule has 156 valence electrons. The molecule has 0 bridgehead atoms. The van der Waals surface area contributed by atoms with Crippen LogP contribution in [0.5, 0.6) is 5.75 Å². The Morgan fingerprint density at radius 3 is 2.55 bits per heavy atom. The Labute approximate surface area is 170 Å². The molecule has 2 aromatic rings. The van der Waals surface area contributed by atoms with E-state index in [1.807, 2.05) is 31.2 Å². The highest BCUT2D eigenvalue weighted by atomic mass is 32.2. The summed E-state index contributed by atoms with van der Waals surface area (Å²) in [5.74, 6) is -0.360. The van der Waals surface area contributed by atoms with Crippen molar-refractivity contribution in [3.8, 4) is 5.75 Å². The zero-order valence-electron chi connectivity index (χ0n) is 16.3. The number of aryl methyl sites for hydroxylation is 1. The number of nitrogens with one attached hydrogen (secondary N) is 1. The molecular weight excluding hydrogens is 395 g/mol. The van der Waals surface area contributed by atoms with Crippen molar-refractivity contribution in [1.82, 2.24) is 9.62 Å². The minimum Gasteiger partial charge on any atom is -0.492 e. The summed E-state index contributed by atoms with van der Waals surface area (Å²) in [4.78, 5) is 12.5. The van der Waals surface area contributed by atoms with Gasteiger partial charge in [0.1, 0.15) is 18.2 Å². The van der Waals surface area contributed by atoms with Gasteiger partial charge >= 0.3 is 0 Å². The summed E-state index contributed by atoms with van der Waals surface area (Å²) in [6, 6.07) is 12.4. The van der Waals surface area contributed by atoms with Crippen LogP contribution in [0, 0.1) is 18.7 Å². The molecule has 1 fully saturated rings. The van der Waals surface area contributed by atoms with Crippen molar-refractivity contribution >= 4 is 15.9 Å². The van der Waals surface area contributed by atoms with E-state index in [0.29, 0.717) is 32.5 Å². The van der Waals surface area contributed by atoms with Gasteiger partial charge in [0.25, 0.3) is 0 Å². The van der Waals surface area contributed by atoms with Gasteiger partial charge in [0.05, 0.1) is 17.4 Å². The van der Waals surface area contributed by atoms with Crippen molar-refractivity contribution in [2.75, 3.05) is 26.2 Å². The van der Waals surface area contributed by atoms with Crippen LogP contribution in [0.2, 0.25) is 0 Å². The zero-order chi connectivity index (χ0) is 20.9. The fourth-order valence-corrected chi connectivity index (χ4v) is 4.78. The number of nitrogens with zero attached hydrogens (tertiary/aromatic N) is 1. The summed E-state index contributed by atoms with van der Waals surface area (Å²) >= 11 is 0. The van der Waals surface area contributed by atoms with Gasteiger partial charge in [-0.1, -0.05) is 17.7 Å². The zero-order valence-corrected chi connectivity index (χ0v) is 17.1. The standard InChI is InChI=1S/C21H25FN2O4S/c1-16-4-8-19(9-5-16)28-14-12-23-21(25)17-3-2-13-24(15-17)29(26,27)20-10-6-18(22)7-11-20/h4-11,17H,2-3,12-15H2,1H3,(H,23,25)/t17-/m0/s1. The third-order valence-corrected chi connectivity index (χ3v) is 6.78. The van der Waals surface area contributed by atoms with Crippen LogP contribution < -0.4 is 10.1 Å². The highest BCUT2D eigenvalue weighted by Crippen LogP contribution is 2.24. The van der Waals surface area contributed by atoms with Crippen LogP contribution in [0.1, 0.15) is 18.4 Å². The van der Waals surface area contributed by atoms with E-state index in [1.165, 1.54) is 16.4 Å². The van der Waals surface area contributed by atoms with Crippen LogP contribution in [0.25, 0.3) is 0 Å². The maximum Gasteiger partial charge on any atom is 0.243 e. The molecule has 1 heterocycles. The topological polar surface area (TPSA) is 75.7 Å². The molecule has 29 heavy (non-hydrogen) atoms. The van der Waals surface area contributed by atoms with E-state index in [9.17, 15) is 17.6 Å². The summed E-state index contributed by atoms with van der Waals surface area (Å²) in [5, 5.41) is 2.82. The lowest BCUT2D eigenvalue weighted by molar-refractivity contribution is -0.126. The molecule has 0 aliphatic carbocycles. The molecule has 8 heteroatoms. The van der Waals surface area contributed by atoms with E-state index in [1.54, 1.807) is 0 Å². The Morgan fingerprint density at radius 2 is 1.86 bits per heavy atom. The van der Waals surface area contributed by atoms with E-state index in [4.69, 9.17) is 4.74 Å². The maximum absolute atomic E-state index is 13.1. The SMILES string of the molecule is Cc1ccc(OCCNC(=O)[C@H]2CCCN(S(=O)(=O)c3ccc(F)cc3)C2)cc1. The van der Waals surface area contributed by atoms with Crippen molar-refractivity contribution in [3.63, 3.8) is 0 Å². The van der Waals surface area contributed by atoms with Gasteiger partial charge in [-0.3, -0.25) is 4.79 Å². The Bertz CT molecular complexity index is 930. The second-order valence-corrected chi connectivity index (χ2v) is 9.05. The van der Waals surface area contributed by atoms with Gasteiger partial charge in [0.15, 0.2) is 0 Å². The first-order valence-electron chi connectivity index (χ1n) is 9.59. The molecule has 1 N–H and O–H groups in total. The van der Waals surface area contributed by atoms with Crippen molar-refractivity contribution in [1.29, 1.82) is 0 Å². The average molecular weight is 421 g/mol. The van der Waals surface area contributed by atoms with E-state index in [2.05, 4.69) is 5.32 Å². The fraction of sp³-hybridized carbons (Fsp3) is 0.381. The van der Waals surface area contributed by atoms with E-state index < -0.39 is 21.8 Å². The second-order valence-electron chi connectivity index (χ2n) is 7.11. The third-order valence-electron chi connectivity index (χ3n) is 4.90. The molecule has 2 aromatic carbocycles. The predicted molar refractivity (Wildman–Crippen MR) is 108 cm³/mol. The molecule has 0 spiro atoms. The number of hydrogen-bond acceptors (Lipinski definition) is 4. The first-order valence-corrected chi connectivity index (χ1v) is 11.0. The minimum atomic E-state index is -3.75. The van der Waals surface area contributed by atoms with Gasteiger partial charge < -0.3 is 10.1 Å². The van der Waals surface area contributed by atoms with Gasteiger partial charge in [-0.15, -0.1) is 0 Å². The highest BCUT2D eigenvalue weighted by molar-refractivity contribution is 7.89. The van der Waals surface area contributed by atoms with Gasteiger partial charge in [-0.05, 0) is 56.2 Å². The molecular formula is C21H25FN2O4S. The van der Waals surface area contributed by atoms with Crippen LogP contribution in [0.4, 0.5) is 4.39 Å². The second kappa shape index (κ2) is 9.37. The quantitative estimate of drug-likeness (QED) is 0.699. The maximum atomic E-state index is 13.1. The largest absolute Gasteiger partial charge is 0.492 e. The first-order chi connectivity index (χ1) is 13.9. The number of halogens is 1. The number of rotatable bonds is 7. The number of ether oxygens (including phenoxy) is 1. The number of carbonyl (C=O) groups excluding carboxylic acids is 1. The van der Waals surface area contributed by atoms with Gasteiger partial charge in [0.2, 0.25) is 15.9 Å². The molecule has 1 aliphatic rings. The lowest BCUT2D eigenvalue weighted by atomic mass is 9.99. The molecule has 1 amide bonds. The van der Waals surface area contributed by atoms with Crippen LogP contribution >= 0.6 is 0 Å². The summed E-state index contributed by atoms with van der Waals surface area (Å²) < 4.78 is 45.5. The lowest BCUT2D eigenvalue weighted by Gasteiger charge is -2.31. The summed E-state index contributed by atoms with van der Waals surface area (Å²) in [7, 11) is -3.75. The van der Waals surface area contributed by atoms with Crippen molar-refractivity contribution in [3.05, 3.63) is 59.9 Å². The summed E-state index contributed by atoms with van der Waals surface area (Å²) in [5.41, 5.74) is 1.14. The lowest BCUT2D eigenvalue weighted by Crippen LogP contribution is -2.45. The summed E-state index contributed by atoms with van der Waals surface area (Å²) in [6.07, 6.45) is 1.22. The number of sulfonamides is 1. The Balaban J connectivity index is 1.51. The number of piperidine rings is 1. The Hall–Kier alpha value is -2.45. The molecule has 1 saturated heterocycles. The molecule has 1 aliphatic heterocycles. The van der Waals surface area contributed by atoms with Gasteiger partial charge in [-0.25, -0.2) is 12.8 Å². The van der Waals surface area contributed by atoms with E-state index in [0.717, 1.165) is 23.4 Å². The van der Waals surface area contributed by atoms with Crippen LogP contribution in [-0.4, -0.2) is 44.9 Å². The van der Waals surface area contributed by atoms with Crippen LogP contribution in [-0.2, 0) is 14.8 Å². The van der Waals surface area contributed by atoms with Crippen LogP contribution in [0.15, 0.2) is 53.4 Å². The molecule has 3 rings (SSSR count). The van der Waals surface area contributed by atoms with Crippen molar-refractivity contribution in [2.24, 2.45) is 5.92 Å². The number of hydrogen-bond donors (Lipinski definition) is 1. The Morgan fingerprint density at radius 1 is 1.17 bits per heavy atom. The van der Waals surface area contributed by atoms with E-state index >= 15 is 0 Å². The molecule has 0 aromatic heterocycles. The molecule has 0 radical (unpaired) electrons. The number of amides is 1. The number of benzene rings is 2. The molecule has 0 unspecified atom stereocenters.